The van der Waals surface area contributed by atoms with Crippen molar-refractivity contribution < 1.29 is 18.0 Å². The quantitative estimate of drug-likeness (QED) is 0.729. The molecule has 136 valence electrons. The van der Waals surface area contributed by atoms with Crippen LogP contribution in [0, 0.1) is 0 Å². The number of nitrogens with zero attached hydrogens (tertiary/aromatic N) is 2. The van der Waals surface area contributed by atoms with Gasteiger partial charge in [-0.25, -0.2) is 13.2 Å². The van der Waals surface area contributed by atoms with Gasteiger partial charge in [0.05, 0.1) is 5.75 Å². The molecule has 0 radical (unpaired) electrons. The molecule has 6 nitrogen and oxygen atoms in total. The summed E-state index contributed by atoms with van der Waals surface area (Å²) < 4.78 is 22.9. The molecule has 0 aliphatic carbocycles. The van der Waals surface area contributed by atoms with Gasteiger partial charge in [-0.05, 0) is 11.1 Å². The van der Waals surface area contributed by atoms with E-state index in [0.29, 0.717) is 5.56 Å². The summed E-state index contributed by atoms with van der Waals surface area (Å²) in [6.45, 7) is 0.144. The van der Waals surface area contributed by atoms with E-state index in [2.05, 4.69) is 0 Å². The molecular formula is C19H20N2O4S. The van der Waals surface area contributed by atoms with Crippen LogP contribution in [0.2, 0.25) is 0 Å². The predicted octanol–water partition coefficient (Wildman–Crippen LogP) is 2.24. The molecule has 0 spiro atoms. The summed E-state index contributed by atoms with van der Waals surface area (Å²) in [6, 6.07) is 17.3. The van der Waals surface area contributed by atoms with E-state index < -0.39 is 21.9 Å². The number of rotatable bonds is 6. The maximum atomic E-state index is 12.9. The van der Waals surface area contributed by atoms with Crippen LogP contribution in [0.4, 0.5) is 4.79 Å². The van der Waals surface area contributed by atoms with Crippen LogP contribution in [0.25, 0.3) is 0 Å². The van der Waals surface area contributed by atoms with Crippen LogP contribution < -0.4 is 0 Å². The monoisotopic (exact) mass is 372 g/mol. The lowest BCUT2D eigenvalue weighted by Crippen LogP contribution is -2.36. The predicted molar refractivity (Wildman–Crippen MR) is 98.0 cm³/mol. The molecule has 0 N–H and O–H groups in total. The van der Waals surface area contributed by atoms with Crippen molar-refractivity contribution in [3.05, 3.63) is 71.8 Å². The highest BCUT2D eigenvalue weighted by molar-refractivity contribution is 7.90. The lowest BCUT2D eigenvalue weighted by Gasteiger charge is -2.22. The molecule has 1 aliphatic heterocycles. The van der Waals surface area contributed by atoms with Crippen LogP contribution in [0.1, 0.15) is 17.2 Å². The third kappa shape index (κ3) is 3.94. The minimum absolute atomic E-state index is 0.134. The van der Waals surface area contributed by atoms with Gasteiger partial charge in [0.15, 0.2) is 0 Å². The Morgan fingerprint density at radius 1 is 0.923 bits per heavy atom. The fourth-order valence-electron chi connectivity index (χ4n) is 3.00. The highest BCUT2D eigenvalue weighted by atomic mass is 32.2. The first-order valence-corrected chi connectivity index (χ1v) is 10.3. The zero-order chi connectivity index (χ0) is 18.7. The van der Waals surface area contributed by atoms with Crippen LogP contribution in [0.15, 0.2) is 60.7 Å². The molecule has 0 unspecified atom stereocenters. The fraction of sp³-hybridized carbons (Fsp3) is 0.263. The fourth-order valence-corrected chi connectivity index (χ4v) is 3.51. The summed E-state index contributed by atoms with van der Waals surface area (Å²) in [5.74, 6) is -0.633. The highest BCUT2D eigenvalue weighted by Gasteiger charge is 2.45. The second-order valence-corrected chi connectivity index (χ2v) is 8.59. The van der Waals surface area contributed by atoms with Crippen molar-refractivity contribution in [2.75, 3.05) is 18.6 Å². The SMILES string of the molecule is CS(=O)(=O)CCN1C(=O)[C@@H](c2ccccc2)N(Cc2ccccc2)C1=O. The first-order chi connectivity index (χ1) is 12.4. The van der Waals surface area contributed by atoms with Gasteiger partial charge in [0.1, 0.15) is 15.9 Å². The number of hydrogen-bond donors (Lipinski definition) is 0. The number of sulfone groups is 1. The molecule has 1 fully saturated rings. The van der Waals surface area contributed by atoms with Crippen molar-refractivity contribution in [3.8, 4) is 0 Å². The third-order valence-electron chi connectivity index (χ3n) is 4.28. The molecule has 1 saturated heterocycles. The van der Waals surface area contributed by atoms with E-state index in [9.17, 15) is 18.0 Å². The summed E-state index contributed by atoms with van der Waals surface area (Å²) in [7, 11) is -3.28. The van der Waals surface area contributed by atoms with E-state index in [1.165, 1.54) is 4.90 Å². The smallest absolute Gasteiger partial charge is 0.304 e. The second-order valence-electron chi connectivity index (χ2n) is 6.33. The molecule has 1 heterocycles. The van der Waals surface area contributed by atoms with Crippen molar-refractivity contribution in [2.24, 2.45) is 0 Å². The zero-order valence-corrected chi connectivity index (χ0v) is 15.2. The minimum atomic E-state index is -3.28. The minimum Gasteiger partial charge on any atom is -0.304 e. The van der Waals surface area contributed by atoms with Gasteiger partial charge in [-0.1, -0.05) is 60.7 Å². The van der Waals surface area contributed by atoms with Gasteiger partial charge in [0.2, 0.25) is 0 Å². The zero-order valence-electron chi connectivity index (χ0n) is 14.4. The molecule has 7 heteroatoms. The van der Waals surface area contributed by atoms with Crippen molar-refractivity contribution in [2.45, 2.75) is 12.6 Å². The van der Waals surface area contributed by atoms with Gasteiger partial charge >= 0.3 is 6.03 Å². The van der Waals surface area contributed by atoms with Gasteiger partial charge in [-0.3, -0.25) is 9.69 Å². The summed E-state index contributed by atoms with van der Waals surface area (Å²) in [6.07, 6.45) is 1.09. The number of hydrogen-bond acceptors (Lipinski definition) is 4. The lowest BCUT2D eigenvalue weighted by molar-refractivity contribution is -0.128. The van der Waals surface area contributed by atoms with Crippen LogP contribution in [0.3, 0.4) is 0 Å². The summed E-state index contributed by atoms with van der Waals surface area (Å²) >= 11 is 0. The molecule has 1 aliphatic rings. The summed E-state index contributed by atoms with van der Waals surface area (Å²) in [5.41, 5.74) is 1.61. The number of benzene rings is 2. The largest absolute Gasteiger partial charge is 0.328 e. The van der Waals surface area contributed by atoms with E-state index in [0.717, 1.165) is 16.7 Å². The number of imide groups is 1. The van der Waals surface area contributed by atoms with E-state index in [1.54, 1.807) is 12.1 Å². The Morgan fingerprint density at radius 2 is 1.50 bits per heavy atom. The van der Waals surface area contributed by atoms with Crippen molar-refractivity contribution in [1.29, 1.82) is 0 Å². The van der Waals surface area contributed by atoms with Gasteiger partial charge in [0.25, 0.3) is 5.91 Å². The Hall–Kier alpha value is -2.67. The van der Waals surface area contributed by atoms with Gasteiger partial charge in [-0.2, -0.15) is 0 Å². The summed E-state index contributed by atoms with van der Waals surface area (Å²) in [4.78, 5) is 28.3. The summed E-state index contributed by atoms with van der Waals surface area (Å²) in [5, 5.41) is 0. The molecule has 0 bridgehead atoms. The van der Waals surface area contributed by atoms with Crippen LogP contribution >= 0.6 is 0 Å². The Morgan fingerprint density at radius 3 is 2.08 bits per heavy atom. The van der Waals surface area contributed by atoms with Gasteiger partial charge in [0, 0.05) is 19.3 Å². The van der Waals surface area contributed by atoms with Gasteiger partial charge in [-0.15, -0.1) is 0 Å². The van der Waals surface area contributed by atoms with E-state index in [1.807, 2.05) is 48.5 Å². The maximum Gasteiger partial charge on any atom is 0.328 e. The second kappa shape index (κ2) is 7.29. The van der Waals surface area contributed by atoms with Crippen LogP contribution in [-0.2, 0) is 21.2 Å². The Kier molecular flexibility index (Phi) is 5.08. The lowest BCUT2D eigenvalue weighted by atomic mass is 10.1. The number of carbonyl (C=O) groups excluding carboxylic acids is 2. The molecule has 2 aromatic rings. The van der Waals surface area contributed by atoms with Crippen molar-refractivity contribution in [1.82, 2.24) is 9.80 Å². The molecule has 2 aromatic carbocycles. The Balaban J connectivity index is 1.92. The van der Waals surface area contributed by atoms with Crippen molar-refractivity contribution in [3.63, 3.8) is 0 Å². The average Bonchev–Trinajstić information content (AvgIpc) is 2.84. The molecular weight excluding hydrogens is 352 g/mol. The molecule has 1 atom stereocenters. The Bertz CT molecular complexity index is 898. The van der Waals surface area contributed by atoms with Crippen LogP contribution in [-0.4, -0.2) is 48.7 Å². The van der Waals surface area contributed by atoms with Gasteiger partial charge < -0.3 is 4.90 Å². The topological polar surface area (TPSA) is 74.8 Å². The normalized spacial score (nSPS) is 17.8. The molecule has 3 rings (SSSR count). The number of amides is 3. The number of carbonyl (C=O) groups is 2. The molecule has 0 aromatic heterocycles. The maximum absolute atomic E-state index is 12.9. The third-order valence-corrected chi connectivity index (χ3v) is 5.21. The van der Waals surface area contributed by atoms with Crippen LogP contribution in [0.5, 0.6) is 0 Å². The van der Waals surface area contributed by atoms with E-state index in [4.69, 9.17) is 0 Å². The van der Waals surface area contributed by atoms with Crippen molar-refractivity contribution >= 4 is 21.8 Å². The first kappa shape index (κ1) is 18.1. The highest BCUT2D eigenvalue weighted by Crippen LogP contribution is 2.32. The first-order valence-electron chi connectivity index (χ1n) is 8.25. The average molecular weight is 372 g/mol. The standard InChI is InChI=1S/C19H20N2O4S/c1-26(24,25)13-12-20-18(22)17(16-10-6-3-7-11-16)21(19(20)23)14-15-8-4-2-5-9-15/h2-11,17H,12-14H2,1H3/t17-/m1/s1. The van der Waals surface area contributed by atoms with E-state index >= 15 is 0 Å². The number of urea groups is 1. The molecule has 26 heavy (non-hydrogen) atoms. The molecule has 3 amide bonds. The van der Waals surface area contributed by atoms with E-state index in [-0.39, 0.29) is 24.7 Å². The Labute approximate surface area is 153 Å². The molecule has 0 saturated carbocycles.